The molecule has 3 aliphatic carbocycles. The molecule has 0 aliphatic heterocycles. The van der Waals surface area contributed by atoms with Gasteiger partial charge in [-0.05, 0) is 92.9 Å². The Labute approximate surface area is 153 Å². The Morgan fingerprint density at radius 1 is 1.00 bits per heavy atom. The molecule has 0 bridgehead atoms. The van der Waals surface area contributed by atoms with Crippen molar-refractivity contribution in [2.45, 2.75) is 96.8 Å². The minimum absolute atomic E-state index is 0.265. The van der Waals surface area contributed by atoms with Gasteiger partial charge in [0.05, 0.1) is 0 Å². The molecule has 1 heteroatoms. The monoisotopic (exact) mass is 338 g/mol. The molecule has 0 radical (unpaired) electrons. The fourth-order valence-electron chi connectivity index (χ4n) is 6.61. The molecule has 0 heterocycles. The second-order valence-electron chi connectivity index (χ2n) is 8.87. The third-order valence-corrected chi connectivity index (χ3v) is 8.02. The second kappa shape index (κ2) is 6.18. The van der Waals surface area contributed by atoms with Crippen LogP contribution < -0.4 is 0 Å². The van der Waals surface area contributed by atoms with Crippen molar-refractivity contribution < 1.29 is 5.11 Å². The molecular weight excluding hydrogens is 304 g/mol. The van der Waals surface area contributed by atoms with Crippen molar-refractivity contribution in [1.82, 2.24) is 0 Å². The second-order valence-corrected chi connectivity index (χ2v) is 8.87. The summed E-state index contributed by atoms with van der Waals surface area (Å²) in [6, 6.07) is 4.21. The highest BCUT2D eigenvalue weighted by atomic mass is 16.3. The Morgan fingerprint density at radius 3 is 2.60 bits per heavy atom. The van der Waals surface area contributed by atoms with Crippen molar-refractivity contribution in [1.29, 1.82) is 0 Å². The van der Waals surface area contributed by atoms with Gasteiger partial charge < -0.3 is 5.11 Å². The number of rotatable bonds is 4. The summed E-state index contributed by atoms with van der Waals surface area (Å²) < 4.78 is 0. The molecule has 1 fully saturated rings. The molecule has 0 saturated heterocycles. The van der Waals surface area contributed by atoms with E-state index in [1.807, 2.05) is 17.2 Å². The van der Waals surface area contributed by atoms with Crippen molar-refractivity contribution in [2.75, 3.05) is 0 Å². The van der Waals surface area contributed by atoms with Crippen molar-refractivity contribution in [3.05, 3.63) is 40.0 Å². The van der Waals surface area contributed by atoms with E-state index in [-0.39, 0.29) is 5.41 Å². The maximum absolute atomic E-state index is 10.2. The van der Waals surface area contributed by atoms with E-state index in [0.717, 1.165) is 12.0 Å². The van der Waals surface area contributed by atoms with E-state index in [0.29, 0.717) is 11.2 Å². The van der Waals surface area contributed by atoms with Gasteiger partial charge in [-0.1, -0.05) is 43.9 Å². The van der Waals surface area contributed by atoms with Gasteiger partial charge >= 0.3 is 0 Å². The minimum Gasteiger partial charge on any atom is -0.508 e. The fraction of sp³-hybridized carbons (Fsp3) is 0.667. The van der Waals surface area contributed by atoms with Crippen LogP contribution in [0.25, 0.3) is 0 Å². The summed E-state index contributed by atoms with van der Waals surface area (Å²) in [4.78, 5) is 0. The summed E-state index contributed by atoms with van der Waals surface area (Å²) in [6.07, 6.45) is 14.6. The average molecular weight is 339 g/mol. The van der Waals surface area contributed by atoms with Crippen molar-refractivity contribution in [2.24, 2.45) is 5.41 Å². The number of aromatic hydroxyl groups is 1. The minimum atomic E-state index is 0.265. The number of hydrogen-bond acceptors (Lipinski definition) is 1. The van der Waals surface area contributed by atoms with Crippen LogP contribution in [0.4, 0.5) is 0 Å². The summed E-state index contributed by atoms with van der Waals surface area (Å²) in [6.45, 7) is 6.84. The van der Waals surface area contributed by atoms with Crippen molar-refractivity contribution in [3.8, 4) is 5.75 Å². The van der Waals surface area contributed by atoms with Gasteiger partial charge in [0, 0.05) is 5.41 Å². The lowest BCUT2D eigenvalue weighted by Crippen LogP contribution is -2.41. The van der Waals surface area contributed by atoms with Crippen molar-refractivity contribution >= 4 is 0 Å². The van der Waals surface area contributed by atoms with Crippen LogP contribution >= 0.6 is 0 Å². The maximum atomic E-state index is 10.2. The molecule has 0 spiro atoms. The summed E-state index contributed by atoms with van der Waals surface area (Å²) >= 11 is 0. The van der Waals surface area contributed by atoms with E-state index >= 15 is 0 Å². The first-order valence-corrected chi connectivity index (χ1v) is 10.6. The van der Waals surface area contributed by atoms with Crippen LogP contribution in [-0.2, 0) is 11.8 Å². The van der Waals surface area contributed by atoms with Gasteiger partial charge in [0.2, 0.25) is 0 Å². The summed E-state index contributed by atoms with van der Waals surface area (Å²) in [7, 11) is 0. The molecule has 1 aromatic carbocycles. The lowest BCUT2D eigenvalue weighted by molar-refractivity contribution is 0.221. The van der Waals surface area contributed by atoms with E-state index in [9.17, 15) is 5.11 Å². The van der Waals surface area contributed by atoms with E-state index in [1.165, 1.54) is 69.8 Å². The summed E-state index contributed by atoms with van der Waals surface area (Å²) in [5.41, 5.74) is 8.65. The largest absolute Gasteiger partial charge is 0.508 e. The van der Waals surface area contributed by atoms with Crippen LogP contribution in [0.3, 0.4) is 0 Å². The number of benzene rings is 1. The smallest absolute Gasteiger partial charge is 0.118 e. The Kier molecular flexibility index (Phi) is 4.25. The predicted octanol–water partition coefficient (Wildman–Crippen LogP) is 6.75. The Morgan fingerprint density at radius 2 is 1.84 bits per heavy atom. The molecule has 2 atom stereocenters. The molecule has 0 amide bonds. The van der Waals surface area contributed by atoms with Gasteiger partial charge in [0.25, 0.3) is 0 Å². The average Bonchev–Trinajstić information content (AvgIpc) is 3.06. The van der Waals surface area contributed by atoms with E-state index in [2.05, 4.69) is 26.8 Å². The molecule has 2 unspecified atom stereocenters. The molecule has 1 aromatic rings. The van der Waals surface area contributed by atoms with Crippen molar-refractivity contribution in [3.63, 3.8) is 0 Å². The third kappa shape index (κ3) is 2.34. The topological polar surface area (TPSA) is 20.2 Å². The third-order valence-electron chi connectivity index (χ3n) is 8.02. The van der Waals surface area contributed by atoms with E-state index in [1.54, 1.807) is 5.56 Å². The van der Waals surface area contributed by atoms with Gasteiger partial charge in [-0.25, -0.2) is 0 Å². The van der Waals surface area contributed by atoms with Gasteiger partial charge in [-0.3, -0.25) is 0 Å². The summed E-state index contributed by atoms with van der Waals surface area (Å²) in [5, 5.41) is 10.2. The Balaban J connectivity index is 1.87. The zero-order chi connectivity index (χ0) is 17.7. The van der Waals surface area contributed by atoms with Crippen LogP contribution in [0.15, 0.2) is 23.3 Å². The molecule has 136 valence electrons. The highest BCUT2D eigenvalue weighted by molar-refractivity contribution is 5.55. The van der Waals surface area contributed by atoms with Gasteiger partial charge in [0.1, 0.15) is 5.75 Å². The zero-order valence-electron chi connectivity index (χ0n) is 16.4. The van der Waals surface area contributed by atoms with Crippen LogP contribution in [0.2, 0.25) is 0 Å². The number of fused-ring (bicyclic) bond motifs is 4. The van der Waals surface area contributed by atoms with Crippen LogP contribution in [0.5, 0.6) is 5.75 Å². The molecule has 0 aromatic heterocycles. The van der Waals surface area contributed by atoms with Crippen LogP contribution in [0.1, 0.15) is 94.7 Å². The predicted molar refractivity (Wildman–Crippen MR) is 105 cm³/mol. The Bertz CT molecular complexity index is 713. The van der Waals surface area contributed by atoms with E-state index in [4.69, 9.17) is 0 Å². The molecule has 3 aliphatic rings. The quantitative estimate of drug-likeness (QED) is 0.602. The highest BCUT2D eigenvalue weighted by Gasteiger charge is 2.51. The SMILES string of the molecule is CCCCC12CCCC1=C1CCc3c(ccc(O)c3C)C1(CC)CC2. The number of unbranched alkanes of at least 4 members (excludes halogenated alkanes) is 1. The van der Waals surface area contributed by atoms with E-state index < -0.39 is 0 Å². The van der Waals surface area contributed by atoms with Crippen LogP contribution in [0, 0.1) is 12.3 Å². The molecule has 1 nitrogen and oxygen atoms in total. The lowest BCUT2D eigenvalue weighted by atomic mass is 9.53. The highest BCUT2D eigenvalue weighted by Crippen LogP contribution is 2.62. The number of allylic oxidation sites excluding steroid dienone is 2. The first-order valence-electron chi connectivity index (χ1n) is 10.6. The molecule has 25 heavy (non-hydrogen) atoms. The maximum Gasteiger partial charge on any atom is 0.118 e. The number of hydrogen-bond donors (Lipinski definition) is 1. The first-order chi connectivity index (χ1) is 12.1. The number of phenols is 1. The summed E-state index contributed by atoms with van der Waals surface area (Å²) in [5.74, 6) is 0.482. The van der Waals surface area contributed by atoms with Gasteiger partial charge in [0.15, 0.2) is 0 Å². The molecule has 1 saturated carbocycles. The normalized spacial score (nSPS) is 30.8. The lowest BCUT2D eigenvalue weighted by Gasteiger charge is -2.51. The zero-order valence-corrected chi connectivity index (χ0v) is 16.4. The number of phenolic OH excluding ortho intramolecular Hbond substituents is 1. The van der Waals surface area contributed by atoms with Crippen LogP contribution in [-0.4, -0.2) is 5.11 Å². The van der Waals surface area contributed by atoms with Gasteiger partial charge in [-0.15, -0.1) is 0 Å². The van der Waals surface area contributed by atoms with Gasteiger partial charge in [-0.2, -0.15) is 0 Å². The first kappa shape index (κ1) is 17.2. The molecular formula is C24H34O. The fourth-order valence-corrected chi connectivity index (χ4v) is 6.61. The Hall–Kier alpha value is -1.24. The molecule has 4 rings (SSSR count). The standard InChI is InChI=1S/C24H34O/c1-4-6-13-23-14-7-8-20(23)21-10-9-18-17(3)22(25)12-11-19(18)24(21,5-2)16-15-23/h11-12,25H,4-10,13-16H2,1-3H3. The molecule has 1 N–H and O–H groups in total.